The zero-order valence-electron chi connectivity index (χ0n) is 21.6. The maximum absolute atomic E-state index is 12.4. The minimum absolute atomic E-state index is 0.142. The zero-order chi connectivity index (χ0) is 26.4. The van der Waals surface area contributed by atoms with E-state index in [0.717, 1.165) is 34.1 Å². The number of rotatable bonds is 8. The average molecular weight is 503 g/mol. The highest BCUT2D eigenvalue weighted by Gasteiger charge is 2.29. The van der Waals surface area contributed by atoms with Gasteiger partial charge in [-0.25, -0.2) is 9.59 Å². The Labute approximate surface area is 217 Å². The molecule has 1 amide bonds. The summed E-state index contributed by atoms with van der Waals surface area (Å²) in [4.78, 5) is 25.4. The monoisotopic (exact) mass is 502 g/mol. The van der Waals surface area contributed by atoms with Crippen LogP contribution in [0.1, 0.15) is 43.1 Å². The predicted molar refractivity (Wildman–Crippen MR) is 145 cm³/mol. The second-order valence-corrected chi connectivity index (χ2v) is 10.3. The predicted octanol–water partition coefficient (Wildman–Crippen LogP) is 5.60. The summed E-state index contributed by atoms with van der Waals surface area (Å²) in [5, 5.41) is 14.9. The molecule has 3 aromatic carbocycles. The standard InChI is InChI=1S/C30H34N2O5/c1-30(2,3)37-29(35)32-16-15-25(19-32)31-18-22(17-21-11-13-24(14-12-21)28(33)34)20-36-27-10-6-8-23-7-4-5-9-26(23)27/h4-14,17,25,31H,15-16,18-20H2,1-3H3,(H,33,34)/b22-17-. The molecule has 0 aliphatic carbocycles. The van der Waals surface area contributed by atoms with E-state index in [1.165, 1.54) is 0 Å². The van der Waals surface area contributed by atoms with Gasteiger partial charge in [0.15, 0.2) is 0 Å². The van der Waals surface area contributed by atoms with E-state index >= 15 is 0 Å². The van der Waals surface area contributed by atoms with Crippen molar-refractivity contribution in [3.63, 3.8) is 0 Å². The van der Waals surface area contributed by atoms with Crippen LogP contribution in [-0.2, 0) is 4.74 Å². The van der Waals surface area contributed by atoms with Crippen molar-refractivity contribution in [2.45, 2.75) is 38.8 Å². The Bertz CT molecular complexity index is 1270. The lowest BCUT2D eigenvalue weighted by Crippen LogP contribution is -2.39. The van der Waals surface area contributed by atoms with Gasteiger partial charge in [-0.3, -0.25) is 0 Å². The number of carbonyl (C=O) groups excluding carboxylic acids is 1. The lowest BCUT2D eigenvalue weighted by Gasteiger charge is -2.24. The minimum Gasteiger partial charge on any atom is -0.489 e. The number of likely N-dealkylation sites (tertiary alicyclic amines) is 1. The van der Waals surface area contributed by atoms with Gasteiger partial charge in [-0.1, -0.05) is 54.6 Å². The van der Waals surface area contributed by atoms with Crippen LogP contribution in [0.4, 0.5) is 4.79 Å². The van der Waals surface area contributed by atoms with E-state index in [2.05, 4.69) is 17.4 Å². The molecule has 2 N–H and O–H groups in total. The molecule has 3 aromatic rings. The number of amides is 1. The molecule has 7 nitrogen and oxygen atoms in total. The smallest absolute Gasteiger partial charge is 0.410 e. The van der Waals surface area contributed by atoms with Crippen molar-refractivity contribution in [3.05, 3.63) is 83.4 Å². The van der Waals surface area contributed by atoms with Gasteiger partial charge in [-0.2, -0.15) is 0 Å². The molecular formula is C30H34N2O5. The van der Waals surface area contributed by atoms with E-state index in [1.54, 1.807) is 29.2 Å². The zero-order valence-corrected chi connectivity index (χ0v) is 21.6. The molecule has 37 heavy (non-hydrogen) atoms. The molecule has 1 atom stereocenters. The molecule has 0 bridgehead atoms. The SMILES string of the molecule is CC(C)(C)OC(=O)N1CCC(NC/C(=C/c2ccc(C(=O)O)cc2)COc2cccc3ccccc23)C1. The lowest BCUT2D eigenvalue weighted by molar-refractivity contribution is 0.0291. The molecule has 0 spiro atoms. The molecule has 1 aliphatic rings. The Morgan fingerprint density at radius 2 is 1.78 bits per heavy atom. The van der Waals surface area contributed by atoms with Gasteiger partial charge >= 0.3 is 12.1 Å². The lowest BCUT2D eigenvalue weighted by atomic mass is 10.1. The van der Waals surface area contributed by atoms with Crippen molar-refractivity contribution in [1.29, 1.82) is 0 Å². The summed E-state index contributed by atoms with van der Waals surface area (Å²) in [6.45, 7) is 7.77. The Balaban J connectivity index is 1.45. The Morgan fingerprint density at radius 3 is 2.51 bits per heavy atom. The molecule has 1 fully saturated rings. The number of aromatic carboxylic acids is 1. The minimum atomic E-state index is -0.951. The Kier molecular flexibility index (Phi) is 8.14. The summed E-state index contributed by atoms with van der Waals surface area (Å²) in [5.74, 6) is -0.144. The van der Waals surface area contributed by atoms with Crippen LogP contribution in [0.25, 0.3) is 16.8 Å². The first-order valence-electron chi connectivity index (χ1n) is 12.5. The number of hydrogen-bond donors (Lipinski definition) is 2. The largest absolute Gasteiger partial charge is 0.489 e. The fourth-order valence-electron chi connectivity index (χ4n) is 4.29. The maximum Gasteiger partial charge on any atom is 0.410 e. The third-order valence-electron chi connectivity index (χ3n) is 6.15. The molecule has 0 saturated carbocycles. The van der Waals surface area contributed by atoms with Crippen LogP contribution in [0.3, 0.4) is 0 Å². The van der Waals surface area contributed by atoms with Gasteiger partial charge in [0, 0.05) is 31.1 Å². The molecule has 1 heterocycles. The van der Waals surface area contributed by atoms with Crippen LogP contribution in [0.2, 0.25) is 0 Å². The van der Waals surface area contributed by atoms with E-state index in [0.29, 0.717) is 26.2 Å². The molecule has 194 valence electrons. The van der Waals surface area contributed by atoms with Gasteiger partial charge in [0.1, 0.15) is 18.0 Å². The normalized spacial score (nSPS) is 16.1. The van der Waals surface area contributed by atoms with Crippen molar-refractivity contribution in [1.82, 2.24) is 10.2 Å². The van der Waals surface area contributed by atoms with Gasteiger partial charge in [-0.15, -0.1) is 0 Å². The average Bonchev–Trinajstić information content (AvgIpc) is 3.34. The highest BCUT2D eigenvalue weighted by molar-refractivity contribution is 5.88. The number of hydrogen-bond acceptors (Lipinski definition) is 5. The van der Waals surface area contributed by atoms with Crippen LogP contribution in [0.5, 0.6) is 5.75 Å². The van der Waals surface area contributed by atoms with Gasteiger partial charge in [0.25, 0.3) is 0 Å². The van der Waals surface area contributed by atoms with E-state index in [1.807, 2.05) is 57.2 Å². The van der Waals surface area contributed by atoms with Crippen LogP contribution in [0.15, 0.2) is 72.3 Å². The third kappa shape index (κ3) is 7.33. The first kappa shape index (κ1) is 26.2. The molecule has 7 heteroatoms. The summed E-state index contributed by atoms with van der Waals surface area (Å²) in [5.41, 5.74) is 1.63. The Hall–Kier alpha value is -3.84. The number of benzene rings is 3. The van der Waals surface area contributed by atoms with Crippen molar-refractivity contribution >= 4 is 28.9 Å². The van der Waals surface area contributed by atoms with Crippen molar-refractivity contribution in [3.8, 4) is 5.75 Å². The van der Waals surface area contributed by atoms with E-state index in [-0.39, 0.29) is 17.7 Å². The van der Waals surface area contributed by atoms with Crippen molar-refractivity contribution in [2.75, 3.05) is 26.2 Å². The summed E-state index contributed by atoms with van der Waals surface area (Å²) < 4.78 is 11.8. The second-order valence-electron chi connectivity index (χ2n) is 10.3. The summed E-state index contributed by atoms with van der Waals surface area (Å²) in [7, 11) is 0. The number of carboxylic acid groups (broad SMARTS) is 1. The fourth-order valence-corrected chi connectivity index (χ4v) is 4.29. The van der Waals surface area contributed by atoms with Crippen LogP contribution < -0.4 is 10.1 Å². The van der Waals surface area contributed by atoms with Crippen LogP contribution >= 0.6 is 0 Å². The summed E-state index contributed by atoms with van der Waals surface area (Å²) >= 11 is 0. The number of nitrogens with one attached hydrogen (secondary N) is 1. The van der Waals surface area contributed by atoms with Gasteiger partial charge in [0.05, 0.1) is 5.56 Å². The number of fused-ring (bicyclic) bond motifs is 1. The first-order valence-corrected chi connectivity index (χ1v) is 12.5. The number of carbonyl (C=O) groups is 2. The van der Waals surface area contributed by atoms with Crippen molar-refractivity contribution in [2.24, 2.45) is 0 Å². The fraction of sp³-hybridized carbons (Fsp3) is 0.333. The molecule has 1 unspecified atom stereocenters. The van der Waals surface area contributed by atoms with E-state index in [4.69, 9.17) is 9.47 Å². The van der Waals surface area contributed by atoms with E-state index in [9.17, 15) is 14.7 Å². The molecule has 4 rings (SSSR count). The molecule has 1 aliphatic heterocycles. The maximum atomic E-state index is 12.4. The number of nitrogens with zero attached hydrogens (tertiary/aromatic N) is 1. The molecule has 1 saturated heterocycles. The van der Waals surface area contributed by atoms with Crippen LogP contribution in [-0.4, -0.2) is 60.0 Å². The highest BCUT2D eigenvalue weighted by atomic mass is 16.6. The second kappa shape index (κ2) is 11.5. The number of carboxylic acids is 1. The van der Waals surface area contributed by atoms with Gasteiger partial charge < -0.3 is 24.8 Å². The summed E-state index contributed by atoms with van der Waals surface area (Å²) in [6.07, 6.45) is 2.57. The molecule has 0 aromatic heterocycles. The van der Waals surface area contributed by atoms with Crippen molar-refractivity contribution < 1.29 is 24.2 Å². The topological polar surface area (TPSA) is 88.1 Å². The summed E-state index contributed by atoms with van der Waals surface area (Å²) in [6, 6.07) is 21.0. The third-order valence-corrected chi connectivity index (χ3v) is 6.15. The highest BCUT2D eigenvalue weighted by Crippen LogP contribution is 2.26. The van der Waals surface area contributed by atoms with Gasteiger partial charge in [-0.05, 0) is 61.9 Å². The molecule has 0 radical (unpaired) electrons. The molecular weight excluding hydrogens is 468 g/mol. The van der Waals surface area contributed by atoms with Gasteiger partial charge in [0.2, 0.25) is 0 Å². The van der Waals surface area contributed by atoms with Crippen LogP contribution in [0, 0.1) is 0 Å². The quantitative estimate of drug-likeness (QED) is 0.417. The Morgan fingerprint density at radius 1 is 1.05 bits per heavy atom. The number of ether oxygens (including phenoxy) is 2. The first-order chi connectivity index (χ1) is 17.7. The van der Waals surface area contributed by atoms with E-state index < -0.39 is 11.6 Å².